The molecule has 0 atom stereocenters. The zero-order chi connectivity index (χ0) is 14.4. The number of nitrogens with zero attached hydrogens (tertiary/aromatic N) is 3. The maximum absolute atomic E-state index is 14.9. The molecule has 1 aliphatic heterocycles. The summed E-state index contributed by atoms with van der Waals surface area (Å²) in [6.45, 7) is -0.0768. The Morgan fingerprint density at radius 3 is 2.65 bits per heavy atom. The maximum atomic E-state index is 14.9. The third-order valence-corrected chi connectivity index (χ3v) is 4.16. The van der Waals surface area contributed by atoms with E-state index in [1.807, 2.05) is 0 Å². The molecule has 0 amide bonds. The topological polar surface area (TPSA) is 39.9 Å². The van der Waals surface area contributed by atoms with Crippen LogP contribution in [0.2, 0.25) is 0 Å². The number of benzene rings is 1. The van der Waals surface area contributed by atoms with Crippen LogP contribution in [0.5, 0.6) is 0 Å². The van der Waals surface area contributed by atoms with Gasteiger partial charge in [0.1, 0.15) is 11.7 Å². The van der Waals surface area contributed by atoms with E-state index in [0.717, 1.165) is 4.47 Å². The van der Waals surface area contributed by atoms with E-state index in [9.17, 15) is 8.78 Å². The standard InChI is InChI=1S/C13H12BrF2N3O/c1-19-8-17-18-11(19)13(15,16)12(6-20-7-12)9-3-2-4-10(14)5-9/h2-5,8H,6-7H2,1H3. The van der Waals surface area contributed by atoms with Crippen LogP contribution in [0.25, 0.3) is 0 Å². The van der Waals surface area contributed by atoms with Gasteiger partial charge in [-0.15, -0.1) is 10.2 Å². The summed E-state index contributed by atoms with van der Waals surface area (Å²) in [5, 5.41) is 7.13. The largest absolute Gasteiger partial charge is 0.379 e. The fourth-order valence-corrected chi connectivity index (χ4v) is 2.80. The number of rotatable bonds is 3. The van der Waals surface area contributed by atoms with Gasteiger partial charge in [-0.2, -0.15) is 8.78 Å². The molecule has 2 heterocycles. The molecule has 0 aliphatic carbocycles. The van der Waals surface area contributed by atoms with Crippen LogP contribution in [0.15, 0.2) is 35.1 Å². The zero-order valence-corrected chi connectivity index (χ0v) is 12.3. The van der Waals surface area contributed by atoms with Gasteiger partial charge < -0.3 is 9.30 Å². The van der Waals surface area contributed by atoms with Crippen molar-refractivity contribution in [1.82, 2.24) is 14.8 Å². The van der Waals surface area contributed by atoms with Crippen molar-refractivity contribution in [2.24, 2.45) is 7.05 Å². The lowest BCUT2D eigenvalue weighted by Gasteiger charge is -2.46. The van der Waals surface area contributed by atoms with Gasteiger partial charge in [-0.3, -0.25) is 0 Å². The minimum atomic E-state index is -3.16. The average molecular weight is 344 g/mol. The van der Waals surface area contributed by atoms with Crippen molar-refractivity contribution in [3.8, 4) is 0 Å². The van der Waals surface area contributed by atoms with Crippen molar-refractivity contribution in [3.63, 3.8) is 0 Å². The van der Waals surface area contributed by atoms with Crippen LogP contribution < -0.4 is 0 Å². The Balaban J connectivity index is 2.11. The lowest BCUT2D eigenvalue weighted by molar-refractivity contribution is -0.206. The molecular formula is C13H12BrF2N3O. The Morgan fingerprint density at radius 2 is 2.15 bits per heavy atom. The highest BCUT2D eigenvalue weighted by atomic mass is 79.9. The Kier molecular flexibility index (Phi) is 3.13. The van der Waals surface area contributed by atoms with Gasteiger partial charge >= 0.3 is 5.92 Å². The molecule has 0 bridgehead atoms. The highest BCUT2D eigenvalue weighted by Crippen LogP contribution is 2.51. The van der Waals surface area contributed by atoms with Gasteiger partial charge in [0, 0.05) is 11.5 Å². The van der Waals surface area contributed by atoms with Crippen molar-refractivity contribution < 1.29 is 13.5 Å². The van der Waals surface area contributed by atoms with Crippen molar-refractivity contribution >= 4 is 15.9 Å². The molecular weight excluding hydrogens is 332 g/mol. The van der Waals surface area contributed by atoms with Gasteiger partial charge in [0.2, 0.25) is 5.82 Å². The number of alkyl halides is 2. The molecule has 106 valence electrons. The lowest BCUT2D eigenvalue weighted by atomic mass is 9.72. The fraction of sp³-hybridized carbons (Fsp3) is 0.385. The van der Waals surface area contributed by atoms with Gasteiger partial charge in [0.05, 0.1) is 13.2 Å². The van der Waals surface area contributed by atoms with Crippen molar-refractivity contribution in [2.75, 3.05) is 13.2 Å². The lowest BCUT2D eigenvalue weighted by Crippen LogP contribution is -2.58. The molecule has 0 N–H and O–H groups in total. The summed E-state index contributed by atoms with van der Waals surface area (Å²) in [5.74, 6) is -3.50. The third kappa shape index (κ3) is 1.80. The van der Waals surface area contributed by atoms with Gasteiger partial charge in [-0.1, -0.05) is 28.1 Å². The second-order valence-electron chi connectivity index (χ2n) is 4.93. The first-order valence-electron chi connectivity index (χ1n) is 6.03. The first-order valence-corrected chi connectivity index (χ1v) is 6.83. The van der Waals surface area contributed by atoms with E-state index in [4.69, 9.17) is 4.74 Å². The van der Waals surface area contributed by atoms with Crippen LogP contribution in [-0.4, -0.2) is 28.0 Å². The first kappa shape index (κ1) is 13.6. The van der Waals surface area contributed by atoms with Gasteiger partial charge in [-0.25, -0.2) is 0 Å². The van der Waals surface area contributed by atoms with E-state index in [2.05, 4.69) is 26.1 Å². The second-order valence-corrected chi connectivity index (χ2v) is 5.84. The molecule has 2 aromatic rings. The van der Waals surface area contributed by atoms with E-state index < -0.39 is 11.3 Å². The molecule has 4 nitrogen and oxygen atoms in total. The summed E-state index contributed by atoms with van der Waals surface area (Å²) in [4.78, 5) is 0. The monoisotopic (exact) mass is 343 g/mol. The van der Waals surface area contributed by atoms with E-state index in [0.29, 0.717) is 5.56 Å². The highest BCUT2D eigenvalue weighted by Gasteiger charge is 2.63. The van der Waals surface area contributed by atoms with Crippen LogP contribution in [0.3, 0.4) is 0 Å². The van der Waals surface area contributed by atoms with E-state index in [-0.39, 0.29) is 19.0 Å². The van der Waals surface area contributed by atoms with Crippen LogP contribution in [-0.2, 0) is 23.1 Å². The van der Waals surface area contributed by atoms with E-state index in [1.54, 1.807) is 24.3 Å². The molecule has 1 saturated heterocycles. The molecule has 1 fully saturated rings. The highest BCUT2D eigenvalue weighted by molar-refractivity contribution is 9.10. The average Bonchev–Trinajstić information content (AvgIpc) is 2.74. The van der Waals surface area contributed by atoms with Gasteiger partial charge in [0.15, 0.2) is 0 Å². The number of hydrogen-bond acceptors (Lipinski definition) is 3. The minimum absolute atomic E-state index is 0.0384. The van der Waals surface area contributed by atoms with Crippen LogP contribution in [0.4, 0.5) is 8.78 Å². The predicted octanol–water partition coefficient (Wildman–Crippen LogP) is 2.64. The molecule has 3 rings (SSSR count). The SMILES string of the molecule is Cn1cnnc1C(F)(F)C1(c2cccc(Br)c2)COC1. The van der Waals surface area contributed by atoms with Gasteiger partial charge in [0.25, 0.3) is 0 Å². The van der Waals surface area contributed by atoms with E-state index >= 15 is 0 Å². The number of ether oxygens (including phenoxy) is 1. The maximum Gasteiger partial charge on any atom is 0.320 e. The summed E-state index contributed by atoms with van der Waals surface area (Å²) in [5.41, 5.74) is -0.858. The fourth-order valence-electron chi connectivity index (χ4n) is 2.40. The summed E-state index contributed by atoms with van der Waals surface area (Å²) >= 11 is 3.32. The molecule has 7 heteroatoms. The normalized spacial score (nSPS) is 17.8. The molecule has 20 heavy (non-hydrogen) atoms. The Bertz CT molecular complexity index is 640. The summed E-state index contributed by atoms with van der Waals surface area (Å²) in [6.07, 6.45) is 1.28. The minimum Gasteiger partial charge on any atom is -0.379 e. The van der Waals surface area contributed by atoms with Crippen molar-refractivity contribution in [3.05, 3.63) is 46.5 Å². The summed E-state index contributed by atoms with van der Waals surface area (Å²) in [7, 11) is 1.51. The molecule has 1 aliphatic rings. The molecule has 1 aromatic carbocycles. The first-order chi connectivity index (χ1) is 9.47. The number of hydrogen-bond donors (Lipinski definition) is 0. The molecule has 1 aromatic heterocycles. The molecule has 0 saturated carbocycles. The Morgan fingerprint density at radius 1 is 1.40 bits per heavy atom. The van der Waals surface area contributed by atoms with Crippen LogP contribution in [0.1, 0.15) is 11.4 Å². The van der Waals surface area contributed by atoms with Crippen molar-refractivity contribution in [2.45, 2.75) is 11.3 Å². The number of halogens is 3. The van der Waals surface area contributed by atoms with Crippen LogP contribution >= 0.6 is 15.9 Å². The van der Waals surface area contributed by atoms with Gasteiger partial charge in [-0.05, 0) is 17.7 Å². The molecule has 0 unspecified atom stereocenters. The Labute approximate surface area is 122 Å². The number of aryl methyl sites for hydroxylation is 1. The van der Waals surface area contributed by atoms with E-state index in [1.165, 1.54) is 17.9 Å². The Hall–Kier alpha value is -1.34. The smallest absolute Gasteiger partial charge is 0.320 e. The third-order valence-electron chi connectivity index (χ3n) is 3.67. The molecule has 0 spiro atoms. The summed E-state index contributed by atoms with van der Waals surface area (Å²) in [6, 6.07) is 6.94. The van der Waals surface area contributed by atoms with Crippen molar-refractivity contribution in [1.29, 1.82) is 0 Å². The second kappa shape index (κ2) is 4.60. The number of aromatic nitrogens is 3. The van der Waals surface area contributed by atoms with Crippen LogP contribution in [0, 0.1) is 0 Å². The quantitative estimate of drug-likeness (QED) is 0.860. The zero-order valence-electron chi connectivity index (χ0n) is 10.7. The molecule has 0 radical (unpaired) electrons. The predicted molar refractivity (Wildman–Crippen MR) is 71.5 cm³/mol. The summed E-state index contributed by atoms with van der Waals surface area (Å²) < 4.78 is 37.0.